The summed E-state index contributed by atoms with van der Waals surface area (Å²) in [6, 6.07) is 0. The van der Waals surface area contributed by atoms with Crippen LogP contribution in [0.5, 0.6) is 0 Å². The fourth-order valence-electron chi connectivity index (χ4n) is 0.513. The fraction of sp³-hybridized carbons (Fsp3) is 0.167. The molecular formula is C6H6N2OS. The highest BCUT2D eigenvalue weighted by Crippen LogP contribution is 1.99. The molecule has 1 heterocycles. The molecule has 1 aromatic heterocycles. The van der Waals surface area contributed by atoms with Crippen LogP contribution in [0.15, 0.2) is 10.2 Å². The average molecular weight is 154 g/mol. The minimum atomic E-state index is -0.0699. The van der Waals surface area contributed by atoms with Crippen LogP contribution in [0.3, 0.4) is 0 Å². The van der Waals surface area contributed by atoms with Gasteiger partial charge in [-0.2, -0.15) is 0 Å². The van der Waals surface area contributed by atoms with E-state index in [1.807, 2.05) is 0 Å². The van der Waals surface area contributed by atoms with E-state index in [1.165, 1.54) is 0 Å². The van der Waals surface area contributed by atoms with Crippen molar-refractivity contribution < 1.29 is 0 Å². The van der Waals surface area contributed by atoms with Crippen LogP contribution in [0, 0.1) is 12.3 Å². The zero-order valence-electron chi connectivity index (χ0n) is 5.18. The summed E-state index contributed by atoms with van der Waals surface area (Å²) in [5.74, 6) is 3.08. The van der Waals surface area contributed by atoms with Crippen LogP contribution in [-0.2, 0) is 0 Å². The lowest BCUT2D eigenvalue weighted by Gasteiger charge is -1.93. The van der Waals surface area contributed by atoms with E-state index in [2.05, 4.69) is 16.2 Å². The highest BCUT2D eigenvalue weighted by Gasteiger charge is 1.90. The van der Waals surface area contributed by atoms with E-state index < -0.39 is 0 Å². The number of terminal acetylenes is 1. The molecule has 0 fully saturated rings. The topological polar surface area (TPSA) is 44.9 Å². The van der Waals surface area contributed by atoms with Crippen LogP contribution in [0.2, 0.25) is 0 Å². The monoisotopic (exact) mass is 154 g/mol. The molecule has 0 spiro atoms. The Balaban J connectivity index is 2.61. The smallest absolute Gasteiger partial charge is 0.306 e. The van der Waals surface area contributed by atoms with Gasteiger partial charge >= 0.3 is 4.87 Å². The molecular weight excluding hydrogens is 148 g/mol. The molecule has 0 amide bonds. The molecule has 52 valence electrons. The van der Waals surface area contributed by atoms with Crippen LogP contribution in [-0.4, -0.2) is 11.5 Å². The van der Waals surface area contributed by atoms with Crippen molar-refractivity contribution >= 4 is 17.2 Å². The third-order valence-electron chi connectivity index (χ3n) is 0.901. The minimum Gasteiger partial charge on any atom is -0.360 e. The highest BCUT2D eigenvalue weighted by atomic mass is 32.1. The van der Waals surface area contributed by atoms with Crippen molar-refractivity contribution in [2.75, 3.05) is 11.9 Å². The zero-order valence-corrected chi connectivity index (χ0v) is 5.99. The van der Waals surface area contributed by atoms with E-state index >= 15 is 0 Å². The van der Waals surface area contributed by atoms with Crippen molar-refractivity contribution in [1.82, 2.24) is 4.98 Å². The molecule has 0 aliphatic rings. The summed E-state index contributed by atoms with van der Waals surface area (Å²) in [4.78, 5) is 13.0. The van der Waals surface area contributed by atoms with Crippen molar-refractivity contribution in [1.29, 1.82) is 0 Å². The molecule has 10 heavy (non-hydrogen) atoms. The quantitative estimate of drug-likeness (QED) is 0.608. The lowest BCUT2D eigenvalue weighted by molar-refractivity contribution is 1.26. The third kappa shape index (κ3) is 1.64. The molecule has 1 rings (SSSR count). The Labute approximate surface area is 62.1 Å². The summed E-state index contributed by atoms with van der Waals surface area (Å²) in [6.45, 7) is 0.437. The minimum absolute atomic E-state index is 0.0699. The van der Waals surface area contributed by atoms with E-state index in [0.29, 0.717) is 12.4 Å². The number of nitrogens with one attached hydrogen (secondary N) is 2. The van der Waals surface area contributed by atoms with Crippen LogP contribution in [0.25, 0.3) is 0 Å². The molecule has 0 radical (unpaired) electrons. The van der Waals surface area contributed by atoms with Crippen molar-refractivity contribution in [2.24, 2.45) is 0 Å². The molecule has 0 bridgehead atoms. The number of hydrogen-bond acceptors (Lipinski definition) is 3. The Morgan fingerprint density at radius 3 is 3.20 bits per heavy atom. The predicted octanol–water partition coefficient (Wildman–Crippen LogP) is 0.481. The third-order valence-corrected chi connectivity index (χ3v) is 1.57. The van der Waals surface area contributed by atoms with E-state index in [9.17, 15) is 4.79 Å². The lowest BCUT2D eigenvalue weighted by Crippen LogP contribution is -2.01. The van der Waals surface area contributed by atoms with Gasteiger partial charge in [-0.1, -0.05) is 17.3 Å². The number of hydrogen-bond donors (Lipinski definition) is 2. The summed E-state index contributed by atoms with van der Waals surface area (Å²) in [7, 11) is 0. The fourth-order valence-corrected chi connectivity index (χ4v) is 1.05. The van der Waals surface area contributed by atoms with Gasteiger partial charge in [0.25, 0.3) is 0 Å². The molecule has 0 atom stereocenters. The second-order valence-corrected chi connectivity index (χ2v) is 2.46. The summed E-state index contributed by atoms with van der Waals surface area (Å²) < 4.78 is 0. The Kier molecular flexibility index (Phi) is 2.13. The Morgan fingerprint density at radius 1 is 1.90 bits per heavy atom. The van der Waals surface area contributed by atoms with Crippen LogP contribution in [0.4, 0.5) is 5.82 Å². The number of thiazole rings is 1. The first-order chi connectivity index (χ1) is 4.83. The molecule has 1 aromatic rings. The molecule has 3 nitrogen and oxygen atoms in total. The second-order valence-electron chi connectivity index (χ2n) is 1.62. The van der Waals surface area contributed by atoms with Crippen LogP contribution in [0.1, 0.15) is 0 Å². The maximum absolute atomic E-state index is 10.5. The maximum Gasteiger partial charge on any atom is 0.306 e. The van der Waals surface area contributed by atoms with Gasteiger partial charge in [0.15, 0.2) is 0 Å². The molecule has 0 aliphatic heterocycles. The molecule has 0 aliphatic carbocycles. The van der Waals surface area contributed by atoms with E-state index in [-0.39, 0.29) is 4.87 Å². The van der Waals surface area contributed by atoms with Gasteiger partial charge in [-0.05, 0) is 0 Å². The van der Waals surface area contributed by atoms with Gasteiger partial charge in [-0.15, -0.1) is 6.42 Å². The molecule has 0 saturated carbocycles. The van der Waals surface area contributed by atoms with E-state index in [1.54, 1.807) is 5.38 Å². The number of rotatable bonds is 2. The first kappa shape index (κ1) is 6.90. The largest absolute Gasteiger partial charge is 0.360 e. The normalized spacial score (nSPS) is 8.70. The summed E-state index contributed by atoms with van der Waals surface area (Å²) >= 11 is 1.11. The standard InChI is InChI=1S/C6H6N2OS/c1-2-3-7-5-4-10-6(9)8-5/h1,4,7H,3H2,(H,8,9). The van der Waals surface area contributed by atoms with E-state index in [0.717, 1.165) is 11.3 Å². The van der Waals surface area contributed by atoms with Gasteiger partial charge < -0.3 is 5.32 Å². The number of aromatic nitrogens is 1. The second kappa shape index (κ2) is 3.08. The Hall–Kier alpha value is -1.21. The molecule has 4 heteroatoms. The maximum atomic E-state index is 10.5. The Morgan fingerprint density at radius 2 is 2.70 bits per heavy atom. The summed E-state index contributed by atoms with van der Waals surface area (Å²) in [5, 5.41) is 4.53. The molecule has 0 saturated heterocycles. The molecule has 2 N–H and O–H groups in total. The van der Waals surface area contributed by atoms with Crippen molar-refractivity contribution in [3.63, 3.8) is 0 Å². The van der Waals surface area contributed by atoms with Crippen molar-refractivity contribution in [2.45, 2.75) is 0 Å². The first-order valence-electron chi connectivity index (χ1n) is 2.68. The zero-order chi connectivity index (χ0) is 7.40. The van der Waals surface area contributed by atoms with Crippen molar-refractivity contribution in [3.8, 4) is 12.3 Å². The molecule has 0 unspecified atom stereocenters. The van der Waals surface area contributed by atoms with Gasteiger partial charge in [0.1, 0.15) is 5.82 Å². The van der Waals surface area contributed by atoms with Crippen molar-refractivity contribution in [3.05, 3.63) is 15.0 Å². The summed E-state index contributed by atoms with van der Waals surface area (Å²) in [5.41, 5.74) is 0. The Bertz CT molecular complexity index is 293. The van der Waals surface area contributed by atoms with Gasteiger partial charge in [-0.3, -0.25) is 9.78 Å². The lowest BCUT2D eigenvalue weighted by atomic mass is 10.6. The average Bonchev–Trinajstić information content (AvgIpc) is 2.31. The predicted molar refractivity (Wildman–Crippen MR) is 42.3 cm³/mol. The first-order valence-corrected chi connectivity index (χ1v) is 3.56. The highest BCUT2D eigenvalue weighted by molar-refractivity contribution is 7.07. The van der Waals surface area contributed by atoms with Gasteiger partial charge in [0.2, 0.25) is 0 Å². The van der Waals surface area contributed by atoms with Gasteiger partial charge in [0.05, 0.1) is 6.54 Å². The molecule has 0 aromatic carbocycles. The van der Waals surface area contributed by atoms with E-state index in [4.69, 9.17) is 6.42 Å². The summed E-state index contributed by atoms with van der Waals surface area (Å²) in [6.07, 6.45) is 4.98. The number of H-pyrrole nitrogens is 1. The number of anilines is 1. The van der Waals surface area contributed by atoms with Gasteiger partial charge in [0, 0.05) is 5.38 Å². The van der Waals surface area contributed by atoms with Crippen LogP contribution >= 0.6 is 11.3 Å². The number of aromatic amines is 1. The SMILES string of the molecule is C#CCNc1csc(=O)[nH]1. The van der Waals surface area contributed by atoms with Gasteiger partial charge in [-0.25, -0.2) is 0 Å². The van der Waals surface area contributed by atoms with Crippen LogP contribution < -0.4 is 10.2 Å².